The largest absolute Gasteiger partial charge is 0.444 e. The molecule has 3 nitrogen and oxygen atoms in total. The molecule has 0 aliphatic heterocycles. The summed E-state index contributed by atoms with van der Waals surface area (Å²) in [5.74, 6) is 0.188. The second-order valence-corrected chi connectivity index (χ2v) is 5.25. The fraction of sp³-hybridized carbons (Fsp3) is 0.500. The monoisotopic (exact) mass is 291 g/mol. The zero-order chi connectivity index (χ0) is 11.3. The van der Waals surface area contributed by atoms with E-state index in [0.717, 1.165) is 6.42 Å². The highest BCUT2D eigenvalue weighted by atomic mass is 79.9. The van der Waals surface area contributed by atoms with Crippen molar-refractivity contribution < 1.29 is 9.21 Å². The molecule has 1 unspecified atom stereocenters. The SMILES string of the molecule is CSC(C)CCNC(=O)c1ccc(Br)o1. The molecule has 0 radical (unpaired) electrons. The van der Waals surface area contributed by atoms with Gasteiger partial charge in [0, 0.05) is 11.8 Å². The Morgan fingerprint density at radius 3 is 2.93 bits per heavy atom. The van der Waals surface area contributed by atoms with Gasteiger partial charge in [-0.15, -0.1) is 0 Å². The first-order valence-electron chi connectivity index (χ1n) is 4.70. The number of furan rings is 1. The molecular weight excluding hydrogens is 278 g/mol. The number of hydrogen-bond donors (Lipinski definition) is 1. The van der Waals surface area contributed by atoms with E-state index in [2.05, 4.69) is 34.4 Å². The van der Waals surface area contributed by atoms with Crippen molar-refractivity contribution in [2.75, 3.05) is 12.8 Å². The molecule has 15 heavy (non-hydrogen) atoms. The van der Waals surface area contributed by atoms with Crippen LogP contribution in [0.2, 0.25) is 0 Å². The molecule has 1 aromatic heterocycles. The highest BCUT2D eigenvalue weighted by molar-refractivity contribution is 9.10. The summed E-state index contributed by atoms with van der Waals surface area (Å²) in [6.45, 7) is 2.82. The number of amides is 1. The van der Waals surface area contributed by atoms with Crippen LogP contribution >= 0.6 is 27.7 Å². The highest BCUT2D eigenvalue weighted by Crippen LogP contribution is 2.14. The second-order valence-electron chi connectivity index (χ2n) is 3.19. The van der Waals surface area contributed by atoms with Crippen LogP contribution in [0.5, 0.6) is 0 Å². The van der Waals surface area contributed by atoms with Crippen molar-refractivity contribution in [3.8, 4) is 0 Å². The van der Waals surface area contributed by atoms with Crippen LogP contribution < -0.4 is 5.32 Å². The maximum atomic E-state index is 11.5. The lowest BCUT2D eigenvalue weighted by molar-refractivity contribution is 0.0924. The lowest BCUT2D eigenvalue weighted by Crippen LogP contribution is -2.25. The fourth-order valence-electron chi connectivity index (χ4n) is 1.03. The first-order valence-corrected chi connectivity index (χ1v) is 6.78. The van der Waals surface area contributed by atoms with Gasteiger partial charge in [-0.2, -0.15) is 11.8 Å². The molecule has 0 aromatic carbocycles. The van der Waals surface area contributed by atoms with Crippen LogP contribution in [0, 0.1) is 0 Å². The third kappa shape index (κ3) is 4.30. The third-order valence-electron chi connectivity index (χ3n) is 2.04. The van der Waals surface area contributed by atoms with Gasteiger partial charge in [0.15, 0.2) is 10.4 Å². The van der Waals surface area contributed by atoms with Crippen LogP contribution in [0.15, 0.2) is 21.2 Å². The van der Waals surface area contributed by atoms with E-state index in [9.17, 15) is 4.79 Å². The number of thioether (sulfide) groups is 1. The summed E-state index contributed by atoms with van der Waals surface area (Å²) >= 11 is 4.95. The summed E-state index contributed by atoms with van der Waals surface area (Å²) in [6.07, 6.45) is 3.03. The predicted octanol–water partition coefficient (Wildman–Crippen LogP) is 2.91. The smallest absolute Gasteiger partial charge is 0.287 e. The average molecular weight is 292 g/mol. The average Bonchev–Trinajstić information content (AvgIpc) is 2.64. The van der Waals surface area contributed by atoms with Gasteiger partial charge in [-0.3, -0.25) is 4.79 Å². The molecule has 0 saturated carbocycles. The fourth-order valence-corrected chi connectivity index (χ4v) is 1.69. The topological polar surface area (TPSA) is 42.2 Å². The van der Waals surface area contributed by atoms with Gasteiger partial charge in [-0.25, -0.2) is 0 Å². The Labute approximate surface area is 102 Å². The number of nitrogens with one attached hydrogen (secondary N) is 1. The first kappa shape index (κ1) is 12.6. The second kappa shape index (κ2) is 6.23. The maximum Gasteiger partial charge on any atom is 0.287 e. The number of carbonyl (C=O) groups excluding carboxylic acids is 1. The minimum absolute atomic E-state index is 0.158. The van der Waals surface area contributed by atoms with Gasteiger partial charge >= 0.3 is 0 Å². The summed E-state index contributed by atoms with van der Waals surface area (Å²) in [5, 5.41) is 3.37. The number of hydrogen-bond acceptors (Lipinski definition) is 3. The van der Waals surface area contributed by atoms with Gasteiger partial charge in [-0.05, 0) is 40.7 Å². The molecule has 0 aliphatic carbocycles. The number of carbonyl (C=O) groups is 1. The molecule has 0 spiro atoms. The molecule has 84 valence electrons. The molecule has 0 aliphatic rings. The van der Waals surface area contributed by atoms with Gasteiger partial charge < -0.3 is 9.73 Å². The predicted molar refractivity (Wildman–Crippen MR) is 66.3 cm³/mol. The van der Waals surface area contributed by atoms with Gasteiger partial charge in [0.1, 0.15) is 0 Å². The Bertz CT molecular complexity index is 327. The van der Waals surface area contributed by atoms with Crippen LogP contribution in [0.25, 0.3) is 0 Å². The quantitative estimate of drug-likeness (QED) is 0.907. The molecule has 1 amide bonds. The Balaban J connectivity index is 2.31. The maximum absolute atomic E-state index is 11.5. The molecule has 1 atom stereocenters. The van der Waals surface area contributed by atoms with E-state index in [0.29, 0.717) is 22.2 Å². The molecule has 5 heteroatoms. The highest BCUT2D eigenvalue weighted by Gasteiger charge is 2.09. The lowest BCUT2D eigenvalue weighted by atomic mass is 10.3. The van der Waals surface area contributed by atoms with E-state index in [1.165, 1.54) is 0 Å². The van der Waals surface area contributed by atoms with Gasteiger partial charge in [0.25, 0.3) is 5.91 Å². The molecule has 1 aromatic rings. The molecular formula is C10H14BrNO2S. The Kier molecular flexibility index (Phi) is 5.25. The van der Waals surface area contributed by atoms with Crippen molar-refractivity contribution >= 4 is 33.6 Å². The zero-order valence-electron chi connectivity index (χ0n) is 8.75. The van der Waals surface area contributed by atoms with E-state index in [1.54, 1.807) is 23.9 Å². The lowest BCUT2D eigenvalue weighted by Gasteiger charge is -2.07. The number of halogens is 1. The molecule has 1 heterocycles. The normalized spacial score (nSPS) is 12.5. The summed E-state index contributed by atoms with van der Waals surface area (Å²) in [6, 6.07) is 3.36. The van der Waals surface area contributed by atoms with Crippen LogP contribution in [-0.4, -0.2) is 24.0 Å². The Morgan fingerprint density at radius 2 is 2.40 bits per heavy atom. The van der Waals surface area contributed by atoms with Crippen molar-refractivity contribution in [3.05, 3.63) is 22.6 Å². The zero-order valence-corrected chi connectivity index (χ0v) is 11.2. The van der Waals surface area contributed by atoms with Crippen LogP contribution in [0.1, 0.15) is 23.9 Å². The van der Waals surface area contributed by atoms with Crippen molar-refractivity contribution in [1.29, 1.82) is 0 Å². The van der Waals surface area contributed by atoms with Crippen LogP contribution in [-0.2, 0) is 0 Å². The molecule has 0 saturated heterocycles. The summed E-state index contributed by atoms with van der Waals surface area (Å²) < 4.78 is 5.70. The van der Waals surface area contributed by atoms with Crippen molar-refractivity contribution in [3.63, 3.8) is 0 Å². The molecule has 1 rings (SSSR count). The van der Waals surface area contributed by atoms with Crippen molar-refractivity contribution in [1.82, 2.24) is 5.32 Å². The molecule has 1 N–H and O–H groups in total. The molecule has 0 fully saturated rings. The third-order valence-corrected chi connectivity index (χ3v) is 3.50. The Hall–Kier alpha value is -0.420. The number of rotatable bonds is 5. The standard InChI is InChI=1S/C10H14BrNO2S/c1-7(15-2)5-6-12-10(13)8-3-4-9(11)14-8/h3-4,7H,5-6H2,1-2H3,(H,12,13). The minimum atomic E-state index is -0.158. The summed E-state index contributed by atoms with van der Waals surface area (Å²) in [7, 11) is 0. The van der Waals surface area contributed by atoms with Crippen LogP contribution in [0.3, 0.4) is 0 Å². The summed E-state index contributed by atoms with van der Waals surface area (Å²) in [5.41, 5.74) is 0. The van der Waals surface area contributed by atoms with E-state index < -0.39 is 0 Å². The van der Waals surface area contributed by atoms with E-state index >= 15 is 0 Å². The van der Waals surface area contributed by atoms with Crippen molar-refractivity contribution in [2.45, 2.75) is 18.6 Å². The van der Waals surface area contributed by atoms with Crippen molar-refractivity contribution in [2.24, 2.45) is 0 Å². The van der Waals surface area contributed by atoms with E-state index in [-0.39, 0.29) is 5.91 Å². The van der Waals surface area contributed by atoms with Gasteiger partial charge in [0.05, 0.1) is 0 Å². The molecule has 0 bridgehead atoms. The van der Waals surface area contributed by atoms with E-state index in [1.807, 2.05) is 0 Å². The Morgan fingerprint density at radius 1 is 1.67 bits per heavy atom. The van der Waals surface area contributed by atoms with Gasteiger partial charge in [-0.1, -0.05) is 6.92 Å². The summed E-state index contributed by atoms with van der Waals surface area (Å²) in [4.78, 5) is 11.5. The minimum Gasteiger partial charge on any atom is -0.444 e. The first-order chi connectivity index (χ1) is 7.13. The van der Waals surface area contributed by atoms with Crippen LogP contribution in [0.4, 0.5) is 0 Å². The van der Waals surface area contributed by atoms with Gasteiger partial charge in [0.2, 0.25) is 0 Å². The van der Waals surface area contributed by atoms with E-state index in [4.69, 9.17) is 4.42 Å².